The van der Waals surface area contributed by atoms with Gasteiger partial charge in [-0.15, -0.1) is 0 Å². The second kappa shape index (κ2) is 5.41. The van der Waals surface area contributed by atoms with Crippen LogP contribution < -0.4 is 5.32 Å². The number of hydrogen-bond donors (Lipinski definition) is 1. The molecule has 5 heteroatoms. The van der Waals surface area contributed by atoms with Crippen LogP contribution in [0.25, 0.3) is 11.0 Å². The molecule has 0 aliphatic heterocycles. The minimum absolute atomic E-state index is 0.0251. The highest BCUT2D eigenvalue weighted by molar-refractivity contribution is 5.88. The molecule has 0 spiro atoms. The Morgan fingerprint density at radius 1 is 1.26 bits per heavy atom. The lowest BCUT2D eigenvalue weighted by Gasteiger charge is -2.19. The summed E-state index contributed by atoms with van der Waals surface area (Å²) in [6.07, 6.45) is 3.89. The monoisotopic (exact) mass is 312 g/mol. The van der Waals surface area contributed by atoms with Gasteiger partial charge in [0.05, 0.1) is 22.7 Å². The second-order valence-electron chi connectivity index (χ2n) is 7.08. The SMILES string of the molecule is Cc1cc2c(NC(C)c3cn(C(C)(C)C)nc3C)nccc2o1. The molecule has 0 fully saturated rings. The maximum absolute atomic E-state index is 5.67. The maximum atomic E-state index is 5.67. The number of aromatic nitrogens is 3. The van der Waals surface area contributed by atoms with E-state index in [-0.39, 0.29) is 11.6 Å². The molecule has 1 N–H and O–H groups in total. The number of aryl methyl sites for hydroxylation is 2. The van der Waals surface area contributed by atoms with E-state index >= 15 is 0 Å². The largest absolute Gasteiger partial charge is 0.461 e. The van der Waals surface area contributed by atoms with Crippen LogP contribution in [-0.2, 0) is 5.54 Å². The number of nitrogens with zero attached hydrogens (tertiary/aromatic N) is 3. The fourth-order valence-corrected chi connectivity index (χ4v) is 2.73. The van der Waals surface area contributed by atoms with E-state index in [1.807, 2.05) is 30.7 Å². The minimum atomic E-state index is -0.0251. The summed E-state index contributed by atoms with van der Waals surface area (Å²) in [6.45, 7) is 12.6. The summed E-state index contributed by atoms with van der Waals surface area (Å²) in [6, 6.07) is 4.02. The van der Waals surface area contributed by atoms with Crippen LogP contribution in [0.4, 0.5) is 5.82 Å². The van der Waals surface area contributed by atoms with E-state index in [1.165, 1.54) is 5.56 Å². The zero-order valence-electron chi connectivity index (χ0n) is 14.6. The van der Waals surface area contributed by atoms with E-state index in [1.54, 1.807) is 6.20 Å². The number of anilines is 1. The second-order valence-corrected chi connectivity index (χ2v) is 7.08. The van der Waals surface area contributed by atoms with Gasteiger partial charge in [-0.2, -0.15) is 5.10 Å². The number of nitrogens with one attached hydrogen (secondary N) is 1. The third-order valence-corrected chi connectivity index (χ3v) is 4.01. The van der Waals surface area contributed by atoms with Crippen LogP contribution in [0.15, 0.2) is 28.9 Å². The van der Waals surface area contributed by atoms with Crippen molar-refractivity contribution in [2.45, 2.75) is 53.1 Å². The molecule has 0 saturated heterocycles. The molecule has 1 unspecified atom stereocenters. The Labute approximate surface area is 136 Å². The summed E-state index contributed by atoms with van der Waals surface area (Å²) in [5.74, 6) is 1.73. The highest BCUT2D eigenvalue weighted by Crippen LogP contribution is 2.29. The van der Waals surface area contributed by atoms with Gasteiger partial charge < -0.3 is 9.73 Å². The van der Waals surface area contributed by atoms with Crippen LogP contribution in [0, 0.1) is 13.8 Å². The van der Waals surface area contributed by atoms with Crippen molar-refractivity contribution in [1.29, 1.82) is 0 Å². The lowest BCUT2D eigenvalue weighted by molar-refractivity contribution is 0.354. The van der Waals surface area contributed by atoms with Gasteiger partial charge >= 0.3 is 0 Å². The molecule has 122 valence electrons. The molecule has 3 aromatic rings. The predicted molar refractivity (Wildman–Crippen MR) is 92.7 cm³/mol. The van der Waals surface area contributed by atoms with Crippen molar-refractivity contribution < 1.29 is 4.42 Å². The average molecular weight is 312 g/mol. The first-order valence-corrected chi connectivity index (χ1v) is 7.94. The molecule has 0 aromatic carbocycles. The first kappa shape index (κ1) is 15.6. The smallest absolute Gasteiger partial charge is 0.139 e. The van der Waals surface area contributed by atoms with Crippen molar-refractivity contribution in [3.8, 4) is 0 Å². The Bertz CT molecular complexity index is 838. The predicted octanol–water partition coefficient (Wildman–Crippen LogP) is 4.57. The Kier molecular flexibility index (Phi) is 3.66. The van der Waals surface area contributed by atoms with Gasteiger partial charge in [-0.05, 0) is 53.7 Å². The Morgan fingerprint density at radius 2 is 2.00 bits per heavy atom. The van der Waals surface area contributed by atoms with Crippen LogP contribution >= 0.6 is 0 Å². The van der Waals surface area contributed by atoms with Gasteiger partial charge in [-0.3, -0.25) is 4.68 Å². The summed E-state index contributed by atoms with van der Waals surface area (Å²) in [4.78, 5) is 4.47. The van der Waals surface area contributed by atoms with Gasteiger partial charge in [0.1, 0.15) is 17.2 Å². The molecule has 3 rings (SSSR count). The minimum Gasteiger partial charge on any atom is -0.461 e. The maximum Gasteiger partial charge on any atom is 0.139 e. The number of furan rings is 1. The molecular formula is C18H24N4O. The quantitative estimate of drug-likeness (QED) is 0.769. The van der Waals surface area contributed by atoms with Gasteiger partial charge in [0.25, 0.3) is 0 Å². The van der Waals surface area contributed by atoms with Crippen LogP contribution in [-0.4, -0.2) is 14.8 Å². The molecule has 3 heterocycles. The molecule has 5 nitrogen and oxygen atoms in total. The molecule has 0 bridgehead atoms. The first-order valence-electron chi connectivity index (χ1n) is 7.94. The topological polar surface area (TPSA) is 55.9 Å². The van der Waals surface area contributed by atoms with E-state index in [2.05, 4.69) is 49.3 Å². The molecule has 0 radical (unpaired) electrons. The van der Waals surface area contributed by atoms with Crippen molar-refractivity contribution in [2.75, 3.05) is 5.32 Å². The molecule has 0 aliphatic rings. The zero-order valence-corrected chi connectivity index (χ0v) is 14.6. The van der Waals surface area contributed by atoms with E-state index in [9.17, 15) is 0 Å². The molecule has 23 heavy (non-hydrogen) atoms. The number of pyridine rings is 1. The van der Waals surface area contributed by atoms with Gasteiger partial charge in [0.2, 0.25) is 0 Å². The molecule has 3 aromatic heterocycles. The van der Waals surface area contributed by atoms with Crippen molar-refractivity contribution >= 4 is 16.8 Å². The van der Waals surface area contributed by atoms with Gasteiger partial charge in [-0.1, -0.05) is 0 Å². The fourth-order valence-electron chi connectivity index (χ4n) is 2.73. The average Bonchev–Trinajstić information content (AvgIpc) is 3.01. The molecule has 0 saturated carbocycles. The van der Waals surface area contributed by atoms with Crippen molar-refractivity contribution in [2.24, 2.45) is 0 Å². The molecule has 0 amide bonds. The third kappa shape index (κ3) is 2.96. The zero-order chi connectivity index (χ0) is 16.8. The summed E-state index contributed by atoms with van der Waals surface area (Å²) in [5, 5.41) is 9.16. The Morgan fingerprint density at radius 3 is 2.65 bits per heavy atom. The van der Waals surface area contributed by atoms with Crippen molar-refractivity contribution in [1.82, 2.24) is 14.8 Å². The van der Waals surface area contributed by atoms with E-state index in [0.717, 1.165) is 28.2 Å². The highest BCUT2D eigenvalue weighted by Gasteiger charge is 2.20. The van der Waals surface area contributed by atoms with Gasteiger partial charge in [0, 0.05) is 18.0 Å². The summed E-state index contributed by atoms with van der Waals surface area (Å²) in [5.41, 5.74) is 3.05. The highest BCUT2D eigenvalue weighted by atomic mass is 16.3. The van der Waals surface area contributed by atoms with E-state index in [4.69, 9.17) is 4.42 Å². The lowest BCUT2D eigenvalue weighted by Crippen LogP contribution is -2.22. The number of fused-ring (bicyclic) bond motifs is 1. The van der Waals surface area contributed by atoms with Crippen molar-refractivity contribution in [3.05, 3.63) is 41.5 Å². The Hall–Kier alpha value is -2.30. The third-order valence-electron chi connectivity index (χ3n) is 4.01. The number of hydrogen-bond acceptors (Lipinski definition) is 4. The fraction of sp³-hybridized carbons (Fsp3) is 0.444. The molecule has 1 atom stereocenters. The molecule has 0 aliphatic carbocycles. The van der Waals surface area contributed by atoms with Crippen LogP contribution in [0.1, 0.15) is 50.8 Å². The summed E-state index contributed by atoms with van der Waals surface area (Å²) >= 11 is 0. The normalized spacial score (nSPS) is 13.5. The van der Waals surface area contributed by atoms with Gasteiger partial charge in [0.15, 0.2) is 0 Å². The Balaban J connectivity index is 1.92. The lowest BCUT2D eigenvalue weighted by atomic mass is 10.1. The van der Waals surface area contributed by atoms with Crippen LogP contribution in [0.3, 0.4) is 0 Å². The van der Waals surface area contributed by atoms with Crippen LogP contribution in [0.2, 0.25) is 0 Å². The molecular weight excluding hydrogens is 288 g/mol. The standard InChI is InChI=1S/C18H24N4O/c1-11-9-14-16(23-11)7-8-19-17(14)20-12(2)15-10-22(18(4,5)6)21-13(15)3/h7-10,12H,1-6H3,(H,19,20). The number of rotatable bonds is 3. The first-order chi connectivity index (χ1) is 10.8. The van der Waals surface area contributed by atoms with E-state index in [0.29, 0.717) is 0 Å². The van der Waals surface area contributed by atoms with E-state index < -0.39 is 0 Å². The van der Waals surface area contributed by atoms with Crippen molar-refractivity contribution in [3.63, 3.8) is 0 Å². The van der Waals surface area contributed by atoms with Gasteiger partial charge in [-0.25, -0.2) is 4.98 Å². The summed E-state index contributed by atoms with van der Waals surface area (Å²) < 4.78 is 7.69. The summed E-state index contributed by atoms with van der Waals surface area (Å²) in [7, 11) is 0. The van der Waals surface area contributed by atoms with Crippen LogP contribution in [0.5, 0.6) is 0 Å².